The summed E-state index contributed by atoms with van der Waals surface area (Å²) in [5, 5.41) is 6.01. The van der Waals surface area contributed by atoms with E-state index < -0.39 is 0 Å². The quantitative estimate of drug-likeness (QED) is 0.795. The first kappa shape index (κ1) is 18.8. The SMILES string of the molecule is CN(C)CCNC(=O)N[C@H]1CCCN(C[C@H]2COc3ccccc3O2)C1. The van der Waals surface area contributed by atoms with Gasteiger partial charge >= 0.3 is 6.03 Å². The maximum Gasteiger partial charge on any atom is 0.315 e. The third kappa shape index (κ3) is 5.51. The molecular weight excluding hydrogens is 332 g/mol. The van der Waals surface area contributed by atoms with Crippen molar-refractivity contribution < 1.29 is 14.3 Å². The highest BCUT2D eigenvalue weighted by atomic mass is 16.6. The molecule has 1 aromatic rings. The van der Waals surface area contributed by atoms with E-state index in [1.54, 1.807) is 0 Å². The van der Waals surface area contributed by atoms with Gasteiger partial charge in [-0.25, -0.2) is 4.79 Å². The van der Waals surface area contributed by atoms with Crippen molar-refractivity contribution in [1.82, 2.24) is 20.4 Å². The molecule has 2 atom stereocenters. The molecule has 7 nitrogen and oxygen atoms in total. The van der Waals surface area contributed by atoms with Crippen LogP contribution < -0.4 is 20.1 Å². The summed E-state index contributed by atoms with van der Waals surface area (Å²) < 4.78 is 11.9. The van der Waals surface area contributed by atoms with E-state index in [2.05, 4.69) is 15.5 Å². The van der Waals surface area contributed by atoms with Crippen LogP contribution in [0.2, 0.25) is 0 Å². The van der Waals surface area contributed by atoms with Crippen LogP contribution >= 0.6 is 0 Å². The Morgan fingerprint density at radius 1 is 1.31 bits per heavy atom. The van der Waals surface area contributed by atoms with Gasteiger partial charge in [0.05, 0.1) is 0 Å². The number of benzene rings is 1. The van der Waals surface area contributed by atoms with Crippen molar-refractivity contribution in [2.75, 3.05) is 53.4 Å². The number of urea groups is 1. The minimum Gasteiger partial charge on any atom is -0.486 e. The predicted octanol–water partition coefficient (Wildman–Crippen LogP) is 1.15. The van der Waals surface area contributed by atoms with Gasteiger partial charge in [0, 0.05) is 32.2 Å². The van der Waals surface area contributed by atoms with Crippen LogP contribution in [0.15, 0.2) is 24.3 Å². The smallest absolute Gasteiger partial charge is 0.315 e. The first-order valence-electron chi connectivity index (χ1n) is 9.40. The molecule has 26 heavy (non-hydrogen) atoms. The molecule has 3 rings (SSSR count). The maximum absolute atomic E-state index is 12.0. The standard InChI is InChI=1S/C19H30N4O3/c1-22(2)11-9-20-19(24)21-15-6-5-10-23(12-15)13-16-14-25-17-7-3-4-8-18(17)26-16/h3-4,7-8,15-16H,5-6,9-14H2,1-2H3,(H2,20,21,24)/t15-,16-/m0/s1. The fraction of sp³-hybridized carbons (Fsp3) is 0.632. The lowest BCUT2D eigenvalue weighted by atomic mass is 10.1. The minimum atomic E-state index is -0.0788. The van der Waals surface area contributed by atoms with Crippen LogP contribution in [0, 0.1) is 0 Å². The van der Waals surface area contributed by atoms with Crippen LogP contribution in [0.25, 0.3) is 0 Å². The zero-order chi connectivity index (χ0) is 18.4. The number of ether oxygens (including phenoxy) is 2. The molecule has 0 bridgehead atoms. The molecule has 0 aromatic heterocycles. The van der Waals surface area contributed by atoms with Gasteiger partial charge in [0.2, 0.25) is 0 Å². The second-order valence-corrected chi connectivity index (χ2v) is 7.30. The molecule has 1 saturated heterocycles. The molecule has 0 aliphatic carbocycles. The molecule has 0 spiro atoms. The van der Waals surface area contributed by atoms with Gasteiger partial charge in [0.15, 0.2) is 11.5 Å². The highest BCUT2D eigenvalue weighted by Crippen LogP contribution is 2.31. The van der Waals surface area contributed by atoms with Crippen LogP contribution in [-0.4, -0.2) is 81.4 Å². The van der Waals surface area contributed by atoms with Crippen LogP contribution in [0.5, 0.6) is 11.5 Å². The molecule has 0 saturated carbocycles. The second kappa shape index (κ2) is 9.09. The molecule has 1 fully saturated rings. The number of para-hydroxylation sites is 2. The van der Waals surface area contributed by atoms with Crippen molar-refractivity contribution in [3.63, 3.8) is 0 Å². The second-order valence-electron chi connectivity index (χ2n) is 7.30. The largest absolute Gasteiger partial charge is 0.486 e. The number of rotatable bonds is 6. The van der Waals surface area contributed by atoms with Crippen LogP contribution in [-0.2, 0) is 0 Å². The molecule has 2 aliphatic rings. The van der Waals surface area contributed by atoms with Gasteiger partial charge in [-0.2, -0.15) is 0 Å². The zero-order valence-corrected chi connectivity index (χ0v) is 15.7. The van der Waals surface area contributed by atoms with E-state index in [9.17, 15) is 4.79 Å². The van der Waals surface area contributed by atoms with Crippen LogP contribution in [0.3, 0.4) is 0 Å². The number of amides is 2. The lowest BCUT2D eigenvalue weighted by molar-refractivity contribution is 0.0493. The maximum atomic E-state index is 12.0. The number of fused-ring (bicyclic) bond motifs is 1. The minimum absolute atomic E-state index is 0.0255. The first-order valence-corrected chi connectivity index (χ1v) is 9.40. The molecule has 2 N–H and O–H groups in total. The van der Waals surface area contributed by atoms with E-state index in [1.807, 2.05) is 43.3 Å². The molecule has 2 heterocycles. The summed E-state index contributed by atoms with van der Waals surface area (Å²) in [6.45, 7) is 4.75. The Morgan fingerprint density at radius 2 is 2.12 bits per heavy atom. The Morgan fingerprint density at radius 3 is 2.92 bits per heavy atom. The molecule has 144 valence electrons. The number of nitrogens with one attached hydrogen (secondary N) is 2. The summed E-state index contributed by atoms with van der Waals surface area (Å²) in [5.74, 6) is 1.63. The van der Waals surface area contributed by atoms with Gasteiger partial charge < -0.3 is 25.0 Å². The molecule has 2 amide bonds. The lowest BCUT2D eigenvalue weighted by Crippen LogP contribution is -2.53. The predicted molar refractivity (Wildman–Crippen MR) is 101 cm³/mol. The highest BCUT2D eigenvalue weighted by Gasteiger charge is 2.27. The normalized spacial score (nSPS) is 22.9. The molecule has 0 unspecified atom stereocenters. The Hall–Kier alpha value is -1.99. The van der Waals surface area contributed by atoms with Gasteiger partial charge in [-0.15, -0.1) is 0 Å². The molecule has 1 aromatic carbocycles. The van der Waals surface area contributed by atoms with Gasteiger partial charge in [-0.3, -0.25) is 4.90 Å². The molecule has 7 heteroatoms. The zero-order valence-electron chi connectivity index (χ0n) is 15.7. The average Bonchev–Trinajstić information content (AvgIpc) is 2.61. The molecule has 2 aliphatic heterocycles. The van der Waals surface area contributed by atoms with Gasteiger partial charge in [-0.1, -0.05) is 12.1 Å². The summed E-state index contributed by atoms with van der Waals surface area (Å²) in [5.41, 5.74) is 0. The number of likely N-dealkylation sites (tertiary alicyclic amines) is 1. The number of carbonyl (C=O) groups excluding carboxylic acids is 1. The van der Waals surface area contributed by atoms with Crippen LogP contribution in [0.4, 0.5) is 4.79 Å². The summed E-state index contributed by atoms with van der Waals surface area (Å²) in [6.07, 6.45) is 2.12. The van der Waals surface area contributed by atoms with E-state index in [0.29, 0.717) is 13.2 Å². The summed E-state index contributed by atoms with van der Waals surface area (Å²) in [6, 6.07) is 7.89. The van der Waals surface area contributed by atoms with E-state index in [-0.39, 0.29) is 18.2 Å². The summed E-state index contributed by atoms with van der Waals surface area (Å²) >= 11 is 0. The van der Waals surface area contributed by atoms with E-state index in [1.165, 1.54) is 0 Å². The number of hydrogen-bond donors (Lipinski definition) is 2. The van der Waals surface area contributed by atoms with Gasteiger partial charge in [-0.05, 0) is 45.6 Å². The molecular formula is C19H30N4O3. The Kier molecular flexibility index (Phi) is 6.57. The molecule has 0 radical (unpaired) electrons. The summed E-state index contributed by atoms with van der Waals surface area (Å²) in [7, 11) is 3.99. The fourth-order valence-electron chi connectivity index (χ4n) is 3.41. The summed E-state index contributed by atoms with van der Waals surface area (Å²) in [4.78, 5) is 16.4. The van der Waals surface area contributed by atoms with Crippen molar-refractivity contribution >= 4 is 6.03 Å². The lowest BCUT2D eigenvalue weighted by Gasteiger charge is -2.36. The average molecular weight is 362 g/mol. The topological polar surface area (TPSA) is 66.1 Å². The first-order chi connectivity index (χ1) is 12.6. The van der Waals surface area contributed by atoms with E-state index >= 15 is 0 Å². The van der Waals surface area contributed by atoms with Gasteiger partial charge in [0.1, 0.15) is 12.7 Å². The number of piperidine rings is 1. The van der Waals surface area contributed by atoms with Crippen molar-refractivity contribution in [3.05, 3.63) is 24.3 Å². The van der Waals surface area contributed by atoms with E-state index in [4.69, 9.17) is 9.47 Å². The Bertz CT molecular complexity index is 596. The third-order valence-corrected chi connectivity index (χ3v) is 4.71. The van der Waals surface area contributed by atoms with Gasteiger partial charge in [0.25, 0.3) is 0 Å². The number of likely N-dealkylation sites (N-methyl/N-ethyl adjacent to an activating group) is 1. The third-order valence-electron chi connectivity index (χ3n) is 4.71. The number of hydrogen-bond acceptors (Lipinski definition) is 5. The van der Waals surface area contributed by atoms with E-state index in [0.717, 1.165) is 50.5 Å². The highest BCUT2D eigenvalue weighted by molar-refractivity contribution is 5.74. The van der Waals surface area contributed by atoms with Crippen molar-refractivity contribution in [2.45, 2.75) is 25.0 Å². The van der Waals surface area contributed by atoms with Crippen molar-refractivity contribution in [3.8, 4) is 11.5 Å². The number of carbonyl (C=O) groups is 1. The monoisotopic (exact) mass is 362 g/mol. The van der Waals surface area contributed by atoms with Crippen LogP contribution in [0.1, 0.15) is 12.8 Å². The van der Waals surface area contributed by atoms with Crippen molar-refractivity contribution in [1.29, 1.82) is 0 Å². The van der Waals surface area contributed by atoms with Crippen molar-refractivity contribution in [2.24, 2.45) is 0 Å². The fourth-order valence-corrected chi connectivity index (χ4v) is 3.41. The number of nitrogens with zero attached hydrogens (tertiary/aromatic N) is 2. The Labute approximate surface area is 155 Å². The Balaban J connectivity index is 1.42.